The van der Waals surface area contributed by atoms with E-state index in [1.807, 2.05) is 26.0 Å². The normalized spacial score (nSPS) is 14.4. The lowest BCUT2D eigenvalue weighted by molar-refractivity contribution is -0.387. The monoisotopic (exact) mass is 553 g/mol. The van der Waals surface area contributed by atoms with Gasteiger partial charge >= 0.3 is 0 Å². The van der Waals surface area contributed by atoms with Crippen molar-refractivity contribution < 1.29 is 19.3 Å². The summed E-state index contributed by atoms with van der Waals surface area (Å²) in [5, 5.41) is 14.4. The van der Waals surface area contributed by atoms with E-state index in [9.17, 15) is 24.5 Å². The van der Waals surface area contributed by atoms with Crippen molar-refractivity contribution in [2.45, 2.75) is 23.6 Å². The second-order valence-electron chi connectivity index (χ2n) is 8.17. The molecule has 3 amide bonds. The van der Waals surface area contributed by atoms with E-state index >= 15 is 0 Å². The molecule has 0 bridgehead atoms. The van der Waals surface area contributed by atoms with Crippen LogP contribution in [0.4, 0.5) is 16.2 Å². The standard InChI is InChI=1S/C26H20ClN3O5S2/c1-15-3-9-20(16(2)11-15)28-24(31)14-29-25(32)23(37-26(29)33)13-17-4-10-22(21(12-17)30(34)35)36-19-7-5-18(27)6-8-19/h3-13H,14H2,1-2H3,(H,28,31). The second kappa shape index (κ2) is 11.2. The van der Waals surface area contributed by atoms with Crippen LogP contribution in [0.1, 0.15) is 16.7 Å². The SMILES string of the molecule is Cc1ccc(NC(=O)CN2C(=O)SC(=Cc3ccc(Sc4ccc(Cl)cc4)c([N+](=O)[O-])c3)C2=O)c(C)c1. The maximum atomic E-state index is 12.9. The van der Waals surface area contributed by atoms with Crippen LogP contribution in [0.2, 0.25) is 5.02 Å². The van der Waals surface area contributed by atoms with Crippen molar-refractivity contribution in [2.75, 3.05) is 11.9 Å². The molecule has 4 rings (SSSR count). The number of thioether (sulfide) groups is 1. The number of carbonyl (C=O) groups is 3. The summed E-state index contributed by atoms with van der Waals surface area (Å²) in [4.78, 5) is 51.2. The number of hydrogen-bond acceptors (Lipinski definition) is 7. The van der Waals surface area contributed by atoms with Crippen LogP contribution >= 0.6 is 35.1 Å². The van der Waals surface area contributed by atoms with E-state index in [0.717, 1.165) is 20.9 Å². The number of nitrogens with one attached hydrogen (secondary N) is 1. The van der Waals surface area contributed by atoms with Gasteiger partial charge in [0, 0.05) is 21.7 Å². The largest absolute Gasteiger partial charge is 0.324 e. The van der Waals surface area contributed by atoms with Crippen LogP contribution in [0.3, 0.4) is 0 Å². The van der Waals surface area contributed by atoms with Gasteiger partial charge in [0.2, 0.25) is 5.91 Å². The number of nitro groups is 1. The third-order valence-corrected chi connectivity index (χ3v) is 7.58. The Morgan fingerprint density at radius 1 is 1.11 bits per heavy atom. The van der Waals surface area contributed by atoms with Gasteiger partial charge in [0.15, 0.2) is 0 Å². The molecular formula is C26H20ClN3O5S2. The molecule has 1 aliphatic rings. The zero-order chi connectivity index (χ0) is 26.7. The van der Waals surface area contributed by atoms with Crippen LogP contribution < -0.4 is 5.32 Å². The van der Waals surface area contributed by atoms with Crippen molar-refractivity contribution >= 4 is 69.6 Å². The molecule has 1 saturated heterocycles. The second-order valence-corrected chi connectivity index (χ2v) is 10.7. The first-order chi connectivity index (χ1) is 17.6. The molecule has 188 valence electrons. The van der Waals surface area contributed by atoms with Gasteiger partial charge in [-0.1, -0.05) is 47.1 Å². The first-order valence-electron chi connectivity index (χ1n) is 10.9. The molecule has 0 spiro atoms. The van der Waals surface area contributed by atoms with E-state index in [0.29, 0.717) is 32.9 Å². The Bertz CT molecular complexity index is 1460. The summed E-state index contributed by atoms with van der Waals surface area (Å²) < 4.78 is 0. The van der Waals surface area contributed by atoms with E-state index in [-0.39, 0.29) is 10.6 Å². The quantitative estimate of drug-likeness (QED) is 0.197. The number of aryl methyl sites for hydroxylation is 2. The number of hydrogen-bond donors (Lipinski definition) is 1. The number of nitrogens with zero attached hydrogens (tertiary/aromatic N) is 2. The minimum absolute atomic E-state index is 0.0803. The molecule has 0 saturated carbocycles. The topological polar surface area (TPSA) is 110 Å². The lowest BCUT2D eigenvalue weighted by Gasteiger charge is -2.14. The van der Waals surface area contributed by atoms with Crippen molar-refractivity contribution in [3.05, 3.63) is 97.4 Å². The highest BCUT2D eigenvalue weighted by Crippen LogP contribution is 2.37. The van der Waals surface area contributed by atoms with Gasteiger partial charge in [0.05, 0.1) is 14.7 Å². The van der Waals surface area contributed by atoms with Crippen molar-refractivity contribution in [1.29, 1.82) is 0 Å². The summed E-state index contributed by atoms with van der Waals surface area (Å²) >= 11 is 7.80. The van der Waals surface area contributed by atoms with Gasteiger partial charge in [-0.3, -0.25) is 29.4 Å². The fraction of sp³-hybridized carbons (Fsp3) is 0.115. The number of nitro benzene ring substituents is 1. The predicted molar refractivity (Wildman–Crippen MR) is 146 cm³/mol. The molecule has 0 radical (unpaired) electrons. The summed E-state index contributed by atoms with van der Waals surface area (Å²) in [6.45, 7) is 3.35. The Balaban J connectivity index is 1.49. The van der Waals surface area contributed by atoms with Crippen LogP contribution in [0.5, 0.6) is 0 Å². The highest BCUT2D eigenvalue weighted by Gasteiger charge is 2.36. The zero-order valence-corrected chi connectivity index (χ0v) is 22.1. The molecule has 1 aliphatic heterocycles. The summed E-state index contributed by atoms with van der Waals surface area (Å²) in [7, 11) is 0. The van der Waals surface area contributed by atoms with Crippen molar-refractivity contribution in [2.24, 2.45) is 0 Å². The molecule has 1 N–H and O–H groups in total. The van der Waals surface area contributed by atoms with Crippen molar-refractivity contribution in [1.82, 2.24) is 4.90 Å². The van der Waals surface area contributed by atoms with E-state index < -0.39 is 28.5 Å². The molecule has 3 aromatic carbocycles. The molecule has 37 heavy (non-hydrogen) atoms. The third kappa shape index (κ3) is 6.40. The Morgan fingerprint density at radius 3 is 2.51 bits per heavy atom. The average Bonchev–Trinajstić information content (AvgIpc) is 3.10. The average molecular weight is 554 g/mol. The van der Waals surface area contributed by atoms with Gasteiger partial charge in [-0.15, -0.1) is 0 Å². The van der Waals surface area contributed by atoms with E-state index in [1.54, 1.807) is 42.5 Å². The Labute approximate surface area is 226 Å². The zero-order valence-electron chi connectivity index (χ0n) is 19.7. The molecule has 8 nitrogen and oxygen atoms in total. The summed E-state index contributed by atoms with van der Waals surface area (Å²) in [5.74, 6) is -1.14. The number of carbonyl (C=O) groups excluding carboxylic acids is 3. The molecule has 0 unspecified atom stereocenters. The van der Waals surface area contributed by atoms with Gasteiger partial charge in [0.25, 0.3) is 16.8 Å². The molecule has 1 heterocycles. The van der Waals surface area contributed by atoms with Crippen molar-refractivity contribution in [3.8, 4) is 0 Å². The maximum absolute atomic E-state index is 12.9. The van der Waals surface area contributed by atoms with Gasteiger partial charge < -0.3 is 5.32 Å². The number of amides is 3. The molecular weight excluding hydrogens is 534 g/mol. The summed E-state index contributed by atoms with van der Waals surface area (Å²) in [6.07, 6.45) is 1.41. The summed E-state index contributed by atoms with van der Waals surface area (Å²) in [5.41, 5.74) is 2.75. The Hall–Kier alpha value is -3.60. The molecule has 0 aliphatic carbocycles. The first-order valence-corrected chi connectivity index (χ1v) is 13.0. The minimum Gasteiger partial charge on any atom is -0.324 e. The van der Waals surface area contributed by atoms with E-state index in [2.05, 4.69) is 5.32 Å². The van der Waals surface area contributed by atoms with Crippen LogP contribution in [-0.2, 0) is 9.59 Å². The number of imide groups is 1. The highest BCUT2D eigenvalue weighted by atomic mass is 35.5. The molecule has 1 fully saturated rings. The van der Waals surface area contributed by atoms with Gasteiger partial charge in [-0.05, 0) is 79.2 Å². The fourth-order valence-electron chi connectivity index (χ4n) is 3.56. The molecule has 3 aromatic rings. The van der Waals surface area contributed by atoms with Crippen LogP contribution in [-0.4, -0.2) is 33.4 Å². The smallest absolute Gasteiger partial charge is 0.294 e. The fourth-order valence-corrected chi connectivity index (χ4v) is 5.42. The van der Waals surface area contributed by atoms with Gasteiger partial charge in [0.1, 0.15) is 6.54 Å². The lowest BCUT2D eigenvalue weighted by Crippen LogP contribution is -2.36. The molecule has 0 atom stereocenters. The van der Waals surface area contributed by atoms with Gasteiger partial charge in [-0.2, -0.15) is 0 Å². The Morgan fingerprint density at radius 2 is 1.84 bits per heavy atom. The summed E-state index contributed by atoms with van der Waals surface area (Å²) in [6, 6.07) is 17.0. The van der Waals surface area contributed by atoms with Crippen molar-refractivity contribution in [3.63, 3.8) is 0 Å². The number of rotatable bonds is 7. The number of halogens is 1. The number of benzene rings is 3. The maximum Gasteiger partial charge on any atom is 0.294 e. The molecule has 0 aromatic heterocycles. The van der Waals surface area contributed by atoms with Crippen LogP contribution in [0.15, 0.2) is 75.4 Å². The first kappa shape index (κ1) is 26.5. The highest BCUT2D eigenvalue weighted by molar-refractivity contribution is 8.18. The third-order valence-electron chi connectivity index (χ3n) is 5.35. The lowest BCUT2D eigenvalue weighted by atomic mass is 10.1. The van der Waals surface area contributed by atoms with Crippen LogP contribution in [0, 0.1) is 24.0 Å². The predicted octanol–water partition coefficient (Wildman–Crippen LogP) is 6.69. The van der Waals surface area contributed by atoms with Gasteiger partial charge in [-0.25, -0.2) is 0 Å². The Kier molecular flexibility index (Phi) is 8.01. The molecule has 11 heteroatoms. The minimum atomic E-state index is -0.631. The van der Waals surface area contributed by atoms with Crippen LogP contribution in [0.25, 0.3) is 6.08 Å². The van der Waals surface area contributed by atoms with E-state index in [4.69, 9.17) is 11.6 Å². The number of anilines is 1. The van der Waals surface area contributed by atoms with E-state index in [1.165, 1.54) is 23.9 Å².